The summed E-state index contributed by atoms with van der Waals surface area (Å²) in [5.41, 5.74) is 4.20. The van der Waals surface area contributed by atoms with Crippen molar-refractivity contribution in [3.8, 4) is 0 Å². The van der Waals surface area contributed by atoms with E-state index in [1.54, 1.807) is 5.56 Å². The monoisotopic (exact) mass is 490 g/mol. The molecule has 4 fully saturated rings. The summed E-state index contributed by atoms with van der Waals surface area (Å²) in [5.74, 6) is 7.67. The Morgan fingerprint density at radius 1 is 0.889 bits per heavy atom. The van der Waals surface area contributed by atoms with Crippen LogP contribution in [0.5, 0.6) is 0 Å². The van der Waals surface area contributed by atoms with Crippen LogP contribution in [-0.4, -0.2) is 18.1 Å². The summed E-state index contributed by atoms with van der Waals surface area (Å²) in [6, 6.07) is 4.90. The molecule has 8 unspecified atom stereocenters. The van der Waals surface area contributed by atoms with Crippen molar-refractivity contribution in [3.05, 3.63) is 23.4 Å². The topological polar surface area (TPSA) is 16.1 Å². The lowest BCUT2D eigenvalue weighted by molar-refractivity contribution is -0.0899. The van der Waals surface area contributed by atoms with Crippen LogP contribution in [0, 0.1) is 46.3 Å². The quantitative estimate of drug-likeness (QED) is 0.395. The normalized spacial score (nSPS) is 40.5. The van der Waals surface area contributed by atoms with E-state index in [0.29, 0.717) is 10.8 Å². The fourth-order valence-electron chi connectivity index (χ4n) is 10.9. The van der Waals surface area contributed by atoms with Crippen molar-refractivity contribution in [2.75, 3.05) is 18.0 Å². The number of aryl methyl sites for hydroxylation is 1. The van der Waals surface area contributed by atoms with Gasteiger partial charge in [0, 0.05) is 18.8 Å². The van der Waals surface area contributed by atoms with Crippen molar-refractivity contribution in [2.45, 2.75) is 124 Å². The van der Waals surface area contributed by atoms with Crippen LogP contribution in [0.1, 0.15) is 129 Å². The third kappa shape index (κ3) is 4.07. The maximum absolute atomic E-state index is 5.28. The molecule has 6 rings (SSSR count). The molecule has 2 heterocycles. The number of nitrogens with zero attached hydrogens (tertiary/aromatic N) is 2. The predicted octanol–water partition coefficient (Wildman–Crippen LogP) is 9.03. The van der Waals surface area contributed by atoms with E-state index in [-0.39, 0.29) is 0 Å². The molecular formula is C34H54N2. The average Bonchev–Trinajstić information content (AvgIpc) is 3.51. The third-order valence-corrected chi connectivity index (χ3v) is 12.8. The van der Waals surface area contributed by atoms with Gasteiger partial charge < -0.3 is 4.90 Å². The van der Waals surface area contributed by atoms with Gasteiger partial charge in [-0.05, 0) is 128 Å². The minimum absolute atomic E-state index is 0.495. The van der Waals surface area contributed by atoms with E-state index < -0.39 is 0 Å². The van der Waals surface area contributed by atoms with E-state index in [9.17, 15) is 0 Å². The third-order valence-electron chi connectivity index (χ3n) is 12.8. The van der Waals surface area contributed by atoms with Gasteiger partial charge in [0.25, 0.3) is 0 Å². The SMILES string of the molecule is CC(C)CCCC(C)C1CCC2C3CCC4c5ccc(N6CCCC6)nc5CCC4(C)C3CCC12C. The lowest BCUT2D eigenvalue weighted by atomic mass is 9.44. The second kappa shape index (κ2) is 9.60. The van der Waals surface area contributed by atoms with E-state index in [1.807, 2.05) is 0 Å². The van der Waals surface area contributed by atoms with Gasteiger partial charge in [0.05, 0.1) is 0 Å². The molecule has 2 heteroatoms. The van der Waals surface area contributed by atoms with Crippen LogP contribution in [0.15, 0.2) is 12.1 Å². The second-order valence-corrected chi connectivity index (χ2v) is 14.9. The lowest BCUT2D eigenvalue weighted by Crippen LogP contribution is -2.52. The zero-order valence-electron chi connectivity index (χ0n) is 24.2. The Balaban J connectivity index is 1.19. The van der Waals surface area contributed by atoms with Gasteiger partial charge in [0.15, 0.2) is 0 Å². The zero-order valence-corrected chi connectivity index (χ0v) is 24.2. The fourth-order valence-corrected chi connectivity index (χ4v) is 10.9. The molecule has 0 N–H and O–H groups in total. The Morgan fingerprint density at radius 2 is 1.67 bits per heavy atom. The van der Waals surface area contributed by atoms with E-state index in [0.717, 1.165) is 41.4 Å². The molecule has 36 heavy (non-hydrogen) atoms. The molecule has 0 amide bonds. The van der Waals surface area contributed by atoms with Crippen LogP contribution < -0.4 is 4.90 Å². The van der Waals surface area contributed by atoms with Crippen LogP contribution >= 0.6 is 0 Å². The Kier molecular flexibility index (Phi) is 6.73. The molecule has 0 bridgehead atoms. The van der Waals surface area contributed by atoms with Crippen LogP contribution in [-0.2, 0) is 6.42 Å². The lowest BCUT2D eigenvalue weighted by Gasteiger charge is -2.61. The first-order valence-corrected chi connectivity index (χ1v) is 16.1. The molecule has 4 aliphatic carbocycles. The summed E-state index contributed by atoms with van der Waals surface area (Å²) in [6.45, 7) is 15.3. The second-order valence-electron chi connectivity index (χ2n) is 14.9. The highest BCUT2D eigenvalue weighted by atomic mass is 15.2. The smallest absolute Gasteiger partial charge is 0.128 e. The van der Waals surface area contributed by atoms with Crippen molar-refractivity contribution < 1.29 is 0 Å². The van der Waals surface area contributed by atoms with Gasteiger partial charge in [-0.25, -0.2) is 4.98 Å². The van der Waals surface area contributed by atoms with Gasteiger partial charge in [-0.2, -0.15) is 0 Å². The Morgan fingerprint density at radius 3 is 2.44 bits per heavy atom. The van der Waals surface area contributed by atoms with E-state index in [4.69, 9.17) is 4.98 Å². The summed E-state index contributed by atoms with van der Waals surface area (Å²) in [4.78, 5) is 7.80. The van der Waals surface area contributed by atoms with Crippen molar-refractivity contribution >= 4 is 5.82 Å². The first-order chi connectivity index (χ1) is 17.3. The van der Waals surface area contributed by atoms with Gasteiger partial charge >= 0.3 is 0 Å². The molecule has 1 saturated heterocycles. The fraction of sp³-hybridized carbons (Fsp3) is 0.853. The number of hydrogen-bond donors (Lipinski definition) is 0. The van der Waals surface area contributed by atoms with Crippen molar-refractivity contribution in [1.29, 1.82) is 0 Å². The van der Waals surface area contributed by atoms with Crippen LogP contribution in [0.3, 0.4) is 0 Å². The summed E-state index contributed by atoms with van der Waals surface area (Å²) >= 11 is 0. The Hall–Kier alpha value is -1.05. The van der Waals surface area contributed by atoms with Crippen LogP contribution in [0.4, 0.5) is 5.82 Å². The molecule has 1 aromatic rings. The molecular weight excluding hydrogens is 436 g/mol. The van der Waals surface area contributed by atoms with Crippen molar-refractivity contribution in [2.24, 2.45) is 46.3 Å². The summed E-state index contributed by atoms with van der Waals surface area (Å²) in [6.07, 6.45) is 18.5. The van der Waals surface area contributed by atoms with Gasteiger partial charge in [-0.1, -0.05) is 59.9 Å². The summed E-state index contributed by atoms with van der Waals surface area (Å²) in [7, 11) is 0. The number of pyridine rings is 1. The Bertz CT molecular complexity index is 931. The number of hydrogen-bond acceptors (Lipinski definition) is 2. The number of anilines is 1. The average molecular weight is 491 g/mol. The molecule has 200 valence electrons. The van der Waals surface area contributed by atoms with E-state index in [1.165, 1.54) is 108 Å². The highest BCUT2D eigenvalue weighted by molar-refractivity contribution is 5.45. The van der Waals surface area contributed by atoms with Crippen LogP contribution in [0.2, 0.25) is 0 Å². The molecule has 0 aromatic carbocycles. The standard InChI is InChI=1S/C34H54N2/c1-23(2)9-8-10-24(3)27-14-15-28-25-11-13-29-26-12-16-32(36-21-6-7-22-36)35-31(26)18-20-34(29,5)30(25)17-19-33(27,28)4/h12,16,23-25,27-30H,6-11,13-15,17-22H2,1-5H3. The molecule has 8 atom stereocenters. The molecule has 5 aliphatic rings. The molecule has 1 aromatic heterocycles. The molecule has 0 spiro atoms. The van der Waals surface area contributed by atoms with E-state index in [2.05, 4.69) is 51.7 Å². The number of aromatic nitrogens is 1. The van der Waals surface area contributed by atoms with Gasteiger partial charge in [-0.15, -0.1) is 0 Å². The highest BCUT2D eigenvalue weighted by Crippen LogP contribution is 2.69. The summed E-state index contributed by atoms with van der Waals surface area (Å²) < 4.78 is 0. The maximum atomic E-state index is 5.28. The van der Waals surface area contributed by atoms with Crippen LogP contribution in [0.25, 0.3) is 0 Å². The summed E-state index contributed by atoms with van der Waals surface area (Å²) in [5, 5.41) is 0. The van der Waals surface area contributed by atoms with Gasteiger partial charge in [0.1, 0.15) is 5.82 Å². The first-order valence-electron chi connectivity index (χ1n) is 16.1. The molecule has 2 nitrogen and oxygen atoms in total. The van der Waals surface area contributed by atoms with Crippen molar-refractivity contribution in [1.82, 2.24) is 4.98 Å². The van der Waals surface area contributed by atoms with Gasteiger partial charge in [0.2, 0.25) is 0 Å². The van der Waals surface area contributed by atoms with Crippen molar-refractivity contribution in [3.63, 3.8) is 0 Å². The zero-order chi connectivity index (χ0) is 25.1. The minimum Gasteiger partial charge on any atom is -0.357 e. The Labute approximate surface area is 222 Å². The molecule has 1 aliphatic heterocycles. The maximum Gasteiger partial charge on any atom is 0.128 e. The molecule has 0 radical (unpaired) electrons. The molecule has 3 saturated carbocycles. The largest absolute Gasteiger partial charge is 0.357 e. The van der Waals surface area contributed by atoms with E-state index >= 15 is 0 Å². The minimum atomic E-state index is 0.495. The first kappa shape index (κ1) is 25.2. The number of fused-ring (bicyclic) bond motifs is 7. The predicted molar refractivity (Wildman–Crippen MR) is 152 cm³/mol. The van der Waals surface area contributed by atoms with Gasteiger partial charge in [-0.3, -0.25) is 0 Å². The number of rotatable bonds is 6. The highest BCUT2D eigenvalue weighted by Gasteiger charge is 2.60.